The van der Waals surface area contributed by atoms with E-state index < -0.39 is 0 Å². The topological polar surface area (TPSA) is 43.8 Å². The maximum Gasteiger partial charge on any atom is 0.128 e. The number of nitrogens with zero attached hydrogens (tertiary/aromatic N) is 2. The molecule has 2 aromatic rings. The summed E-state index contributed by atoms with van der Waals surface area (Å²) in [6.07, 6.45) is 3.15. The van der Waals surface area contributed by atoms with Crippen LogP contribution in [-0.4, -0.2) is 15.8 Å². The quantitative estimate of drug-likeness (QED) is 0.914. The molecule has 0 fully saturated rings. The number of rotatable bonds is 3. The Morgan fingerprint density at radius 1 is 1.41 bits per heavy atom. The zero-order chi connectivity index (χ0) is 12.4. The molecule has 0 amide bonds. The average Bonchev–Trinajstić information content (AvgIpc) is 2.68. The van der Waals surface area contributed by atoms with Crippen LogP contribution in [0.5, 0.6) is 0 Å². The lowest BCUT2D eigenvalue weighted by atomic mass is 10.0. The van der Waals surface area contributed by atoms with E-state index in [4.69, 9.17) is 17.3 Å². The summed E-state index contributed by atoms with van der Waals surface area (Å²) in [7, 11) is 0. The van der Waals surface area contributed by atoms with Gasteiger partial charge in [0.05, 0.1) is 17.3 Å². The highest BCUT2D eigenvalue weighted by Crippen LogP contribution is 2.24. The van der Waals surface area contributed by atoms with Gasteiger partial charge in [0.1, 0.15) is 5.82 Å². The number of benzene rings is 1. The molecule has 2 N–H and O–H groups in total. The first-order valence-corrected chi connectivity index (χ1v) is 5.67. The first-order chi connectivity index (χ1) is 8.09. The van der Waals surface area contributed by atoms with E-state index >= 15 is 0 Å². The lowest BCUT2D eigenvalue weighted by molar-refractivity contribution is 0.434. The van der Waals surface area contributed by atoms with Crippen molar-refractivity contribution in [1.82, 2.24) is 9.78 Å². The Balaban J connectivity index is 2.47. The predicted molar refractivity (Wildman–Crippen MR) is 65.4 cm³/mol. The molecule has 1 aromatic heterocycles. The second-order valence-electron chi connectivity index (χ2n) is 3.96. The van der Waals surface area contributed by atoms with Crippen molar-refractivity contribution >= 4 is 11.6 Å². The molecule has 0 saturated carbocycles. The van der Waals surface area contributed by atoms with Crippen LogP contribution in [-0.2, 0) is 0 Å². The smallest absolute Gasteiger partial charge is 0.128 e. The van der Waals surface area contributed by atoms with Crippen molar-refractivity contribution in [3.05, 3.63) is 53.1 Å². The van der Waals surface area contributed by atoms with Crippen molar-refractivity contribution in [2.45, 2.75) is 19.0 Å². The molecule has 90 valence electrons. The predicted octanol–water partition coefficient (Wildman–Crippen LogP) is 2.61. The lowest BCUT2D eigenvalue weighted by Crippen LogP contribution is -2.31. The van der Waals surface area contributed by atoms with E-state index in [1.165, 1.54) is 12.3 Å². The molecule has 0 aliphatic rings. The van der Waals surface area contributed by atoms with E-state index in [-0.39, 0.29) is 17.9 Å². The lowest BCUT2D eigenvalue weighted by Gasteiger charge is -2.22. The van der Waals surface area contributed by atoms with E-state index in [0.717, 1.165) is 0 Å². The molecule has 0 aliphatic carbocycles. The summed E-state index contributed by atoms with van der Waals surface area (Å²) in [5.41, 5.74) is 6.42. The van der Waals surface area contributed by atoms with Crippen LogP contribution in [0.1, 0.15) is 18.5 Å². The van der Waals surface area contributed by atoms with Gasteiger partial charge in [0, 0.05) is 17.8 Å². The first kappa shape index (κ1) is 12.1. The normalized spacial score (nSPS) is 14.6. The first-order valence-electron chi connectivity index (χ1n) is 5.29. The highest BCUT2D eigenvalue weighted by molar-refractivity contribution is 6.30. The van der Waals surface area contributed by atoms with Gasteiger partial charge < -0.3 is 5.73 Å². The van der Waals surface area contributed by atoms with Crippen LogP contribution in [0.25, 0.3) is 0 Å². The van der Waals surface area contributed by atoms with Gasteiger partial charge in [0.25, 0.3) is 0 Å². The zero-order valence-corrected chi connectivity index (χ0v) is 10.1. The Morgan fingerprint density at radius 3 is 2.65 bits per heavy atom. The molecule has 2 atom stereocenters. The fourth-order valence-electron chi connectivity index (χ4n) is 1.85. The Hall–Kier alpha value is -1.39. The van der Waals surface area contributed by atoms with Crippen LogP contribution in [0.2, 0.25) is 5.02 Å². The van der Waals surface area contributed by atoms with Crippen molar-refractivity contribution < 1.29 is 4.39 Å². The van der Waals surface area contributed by atoms with Gasteiger partial charge >= 0.3 is 0 Å². The van der Waals surface area contributed by atoms with Crippen LogP contribution in [0.3, 0.4) is 0 Å². The second-order valence-corrected chi connectivity index (χ2v) is 4.40. The molecule has 0 saturated heterocycles. The van der Waals surface area contributed by atoms with E-state index in [9.17, 15) is 4.39 Å². The minimum absolute atomic E-state index is 0.275. The van der Waals surface area contributed by atoms with Gasteiger partial charge in [0.2, 0.25) is 0 Å². The maximum absolute atomic E-state index is 13.8. The van der Waals surface area contributed by atoms with Gasteiger partial charge in [-0.3, -0.25) is 4.68 Å². The summed E-state index contributed by atoms with van der Waals surface area (Å²) in [6.45, 7) is 1.81. The highest BCUT2D eigenvalue weighted by Gasteiger charge is 2.22. The minimum Gasteiger partial charge on any atom is -0.326 e. The van der Waals surface area contributed by atoms with Gasteiger partial charge in [-0.2, -0.15) is 5.10 Å². The van der Waals surface area contributed by atoms with Crippen molar-refractivity contribution in [3.8, 4) is 0 Å². The summed E-state index contributed by atoms with van der Waals surface area (Å²) in [6, 6.07) is 5.91. The van der Waals surface area contributed by atoms with Gasteiger partial charge in [-0.05, 0) is 13.0 Å². The molecule has 17 heavy (non-hydrogen) atoms. The number of hydrogen-bond acceptors (Lipinski definition) is 2. The number of halogens is 2. The second kappa shape index (κ2) is 4.85. The van der Waals surface area contributed by atoms with E-state index in [1.807, 2.05) is 6.92 Å². The van der Waals surface area contributed by atoms with Gasteiger partial charge in [0.15, 0.2) is 0 Å². The molecule has 0 aliphatic heterocycles. The molecule has 0 bridgehead atoms. The van der Waals surface area contributed by atoms with Crippen molar-refractivity contribution in [3.63, 3.8) is 0 Å². The van der Waals surface area contributed by atoms with Gasteiger partial charge in [-0.25, -0.2) is 4.39 Å². The standard InChI is InChI=1S/C12H13ClFN3/c1-8(15)12(17-7-9(13)6-16-17)10-4-2-3-5-11(10)14/h2-8,12H,15H2,1H3. The number of aromatic nitrogens is 2. The largest absolute Gasteiger partial charge is 0.326 e. The molecule has 0 radical (unpaired) electrons. The van der Waals surface area contributed by atoms with Crippen LogP contribution >= 0.6 is 11.6 Å². The molecule has 2 unspecified atom stereocenters. The SMILES string of the molecule is CC(N)C(c1ccccc1F)n1cc(Cl)cn1. The molecule has 3 nitrogen and oxygen atoms in total. The Labute approximate surface area is 104 Å². The Morgan fingerprint density at radius 2 is 2.12 bits per heavy atom. The summed E-state index contributed by atoms with van der Waals surface area (Å²) in [5.74, 6) is -0.290. The van der Waals surface area contributed by atoms with E-state index in [2.05, 4.69) is 5.10 Å². The van der Waals surface area contributed by atoms with Crippen molar-refractivity contribution in [2.75, 3.05) is 0 Å². The number of nitrogens with two attached hydrogens (primary N) is 1. The van der Waals surface area contributed by atoms with E-state index in [0.29, 0.717) is 10.6 Å². The van der Waals surface area contributed by atoms with Crippen molar-refractivity contribution in [1.29, 1.82) is 0 Å². The van der Waals surface area contributed by atoms with Crippen LogP contribution in [0, 0.1) is 5.82 Å². The molecule has 1 heterocycles. The maximum atomic E-state index is 13.8. The monoisotopic (exact) mass is 253 g/mol. The summed E-state index contributed by atoms with van der Waals surface area (Å²) in [4.78, 5) is 0. The van der Waals surface area contributed by atoms with Crippen molar-refractivity contribution in [2.24, 2.45) is 5.73 Å². The summed E-state index contributed by atoms with van der Waals surface area (Å²) < 4.78 is 15.4. The van der Waals surface area contributed by atoms with Crippen LogP contribution in [0.15, 0.2) is 36.7 Å². The molecule has 2 rings (SSSR count). The molecular weight excluding hydrogens is 241 g/mol. The molecular formula is C12H13ClFN3. The fraction of sp³-hybridized carbons (Fsp3) is 0.250. The molecule has 5 heteroatoms. The molecule has 1 aromatic carbocycles. The van der Waals surface area contributed by atoms with Crippen LogP contribution in [0.4, 0.5) is 4.39 Å². The Kier molecular flexibility index (Phi) is 3.45. The van der Waals surface area contributed by atoms with Gasteiger partial charge in [-0.1, -0.05) is 29.8 Å². The molecule has 0 spiro atoms. The third kappa shape index (κ3) is 2.48. The zero-order valence-electron chi connectivity index (χ0n) is 9.35. The third-order valence-electron chi connectivity index (χ3n) is 2.58. The minimum atomic E-state index is -0.358. The summed E-state index contributed by atoms with van der Waals surface area (Å²) >= 11 is 5.82. The average molecular weight is 254 g/mol. The third-order valence-corrected chi connectivity index (χ3v) is 2.77. The van der Waals surface area contributed by atoms with E-state index in [1.54, 1.807) is 29.1 Å². The summed E-state index contributed by atoms with van der Waals surface area (Å²) in [5, 5.41) is 4.60. The Bertz CT molecular complexity index is 510. The van der Waals surface area contributed by atoms with Gasteiger partial charge in [-0.15, -0.1) is 0 Å². The number of hydrogen-bond donors (Lipinski definition) is 1. The van der Waals surface area contributed by atoms with Crippen LogP contribution < -0.4 is 5.73 Å². The highest BCUT2D eigenvalue weighted by atomic mass is 35.5. The fourth-order valence-corrected chi connectivity index (χ4v) is 1.99.